The Kier molecular flexibility index (Phi) is 2.88. The minimum atomic E-state index is -0.848. The van der Waals surface area contributed by atoms with E-state index in [0.29, 0.717) is 12.3 Å². The SMILES string of the molecule is C[C@]12CC[C@@H]3c4ccc(O)cc4C[C@@H](F)[C@H]3[C@@H]1C[C@H](O)C2. The van der Waals surface area contributed by atoms with Gasteiger partial charge in [0.05, 0.1) is 6.10 Å². The molecule has 3 aliphatic carbocycles. The summed E-state index contributed by atoms with van der Waals surface area (Å²) in [5.74, 6) is 0.824. The van der Waals surface area contributed by atoms with Crippen molar-refractivity contribution in [1.29, 1.82) is 0 Å². The van der Waals surface area contributed by atoms with E-state index in [4.69, 9.17) is 0 Å². The number of phenolic OH excluding ortho intramolecular Hbond substituents is 1. The molecule has 3 heteroatoms. The Balaban J connectivity index is 1.75. The van der Waals surface area contributed by atoms with Gasteiger partial charge in [-0.05, 0) is 66.2 Å². The molecule has 0 aliphatic heterocycles. The van der Waals surface area contributed by atoms with Gasteiger partial charge >= 0.3 is 0 Å². The Morgan fingerprint density at radius 2 is 2.14 bits per heavy atom. The van der Waals surface area contributed by atoms with Crippen molar-refractivity contribution >= 4 is 0 Å². The van der Waals surface area contributed by atoms with Gasteiger partial charge in [0.1, 0.15) is 11.9 Å². The minimum absolute atomic E-state index is 0.0398. The van der Waals surface area contributed by atoms with Crippen LogP contribution >= 0.6 is 0 Å². The summed E-state index contributed by atoms with van der Waals surface area (Å²) in [6.45, 7) is 2.24. The van der Waals surface area contributed by atoms with Gasteiger partial charge in [-0.3, -0.25) is 0 Å². The Morgan fingerprint density at radius 1 is 1.33 bits per heavy atom. The number of phenols is 1. The van der Waals surface area contributed by atoms with Gasteiger partial charge in [-0.1, -0.05) is 13.0 Å². The first-order chi connectivity index (χ1) is 9.98. The van der Waals surface area contributed by atoms with Crippen molar-refractivity contribution in [2.45, 2.75) is 57.2 Å². The lowest BCUT2D eigenvalue weighted by Gasteiger charge is -2.50. The van der Waals surface area contributed by atoms with E-state index in [1.807, 2.05) is 6.07 Å². The lowest BCUT2D eigenvalue weighted by molar-refractivity contribution is 0.0115. The topological polar surface area (TPSA) is 40.5 Å². The second-order valence-electron chi connectivity index (χ2n) is 7.68. The molecular formula is C18H23FO2. The summed E-state index contributed by atoms with van der Waals surface area (Å²) in [7, 11) is 0. The molecule has 2 nitrogen and oxygen atoms in total. The van der Waals surface area contributed by atoms with Crippen molar-refractivity contribution in [2.24, 2.45) is 17.3 Å². The second kappa shape index (κ2) is 4.45. The van der Waals surface area contributed by atoms with E-state index in [9.17, 15) is 14.6 Å². The van der Waals surface area contributed by atoms with Crippen molar-refractivity contribution in [2.75, 3.05) is 0 Å². The molecule has 1 aromatic carbocycles. The van der Waals surface area contributed by atoms with E-state index < -0.39 is 6.17 Å². The summed E-state index contributed by atoms with van der Waals surface area (Å²) in [6.07, 6.45) is 2.96. The van der Waals surface area contributed by atoms with Crippen molar-refractivity contribution in [3.63, 3.8) is 0 Å². The predicted molar refractivity (Wildman–Crippen MR) is 79.0 cm³/mol. The molecule has 0 radical (unpaired) electrons. The number of aromatic hydroxyl groups is 1. The third-order valence-corrected chi connectivity index (χ3v) is 6.44. The summed E-state index contributed by atoms with van der Waals surface area (Å²) in [5.41, 5.74) is 2.32. The Labute approximate surface area is 125 Å². The lowest BCUT2D eigenvalue weighted by atomic mass is 9.55. The molecule has 6 atom stereocenters. The number of aliphatic hydroxyl groups is 1. The molecule has 0 aromatic heterocycles. The molecule has 0 heterocycles. The lowest BCUT2D eigenvalue weighted by Crippen LogP contribution is -2.45. The van der Waals surface area contributed by atoms with Crippen LogP contribution in [-0.4, -0.2) is 22.5 Å². The molecule has 4 rings (SSSR count). The van der Waals surface area contributed by atoms with Crippen LogP contribution in [0.2, 0.25) is 0 Å². The number of fused-ring (bicyclic) bond motifs is 5. The quantitative estimate of drug-likeness (QED) is 0.767. The molecule has 21 heavy (non-hydrogen) atoms. The summed E-state index contributed by atoms with van der Waals surface area (Å²) in [6, 6.07) is 5.45. The van der Waals surface area contributed by atoms with Gasteiger partial charge in [0.2, 0.25) is 0 Å². The van der Waals surface area contributed by atoms with E-state index in [-0.39, 0.29) is 29.1 Å². The van der Waals surface area contributed by atoms with Crippen LogP contribution in [0, 0.1) is 17.3 Å². The Hall–Kier alpha value is -1.09. The maximum atomic E-state index is 14.9. The Bertz CT molecular complexity index is 572. The van der Waals surface area contributed by atoms with Crippen molar-refractivity contribution < 1.29 is 14.6 Å². The average molecular weight is 290 g/mol. The maximum absolute atomic E-state index is 14.9. The Morgan fingerprint density at radius 3 is 2.95 bits per heavy atom. The first-order valence-electron chi connectivity index (χ1n) is 8.12. The van der Waals surface area contributed by atoms with Crippen LogP contribution < -0.4 is 0 Å². The van der Waals surface area contributed by atoms with E-state index in [0.717, 1.165) is 31.2 Å². The minimum Gasteiger partial charge on any atom is -0.508 e. The van der Waals surface area contributed by atoms with Crippen molar-refractivity contribution in [1.82, 2.24) is 0 Å². The summed E-state index contributed by atoms with van der Waals surface area (Å²) in [4.78, 5) is 0. The highest BCUT2D eigenvalue weighted by Gasteiger charge is 2.55. The second-order valence-corrected chi connectivity index (χ2v) is 7.68. The van der Waals surface area contributed by atoms with Gasteiger partial charge in [-0.25, -0.2) is 4.39 Å². The molecule has 3 aliphatic rings. The van der Waals surface area contributed by atoms with Gasteiger partial charge in [0.25, 0.3) is 0 Å². The van der Waals surface area contributed by atoms with Crippen molar-refractivity contribution in [3.8, 4) is 5.75 Å². The van der Waals surface area contributed by atoms with Gasteiger partial charge < -0.3 is 10.2 Å². The van der Waals surface area contributed by atoms with Gasteiger partial charge in [-0.2, -0.15) is 0 Å². The molecule has 0 spiro atoms. The van der Waals surface area contributed by atoms with Crippen molar-refractivity contribution in [3.05, 3.63) is 29.3 Å². The van der Waals surface area contributed by atoms with Crippen LogP contribution in [0.1, 0.15) is 49.7 Å². The summed E-state index contributed by atoms with van der Waals surface area (Å²) >= 11 is 0. The molecule has 2 fully saturated rings. The number of rotatable bonds is 0. The molecule has 114 valence electrons. The zero-order valence-electron chi connectivity index (χ0n) is 12.4. The van der Waals surface area contributed by atoms with Gasteiger partial charge in [-0.15, -0.1) is 0 Å². The van der Waals surface area contributed by atoms with Gasteiger partial charge in [0, 0.05) is 12.3 Å². The first-order valence-corrected chi connectivity index (χ1v) is 8.12. The van der Waals surface area contributed by atoms with Crippen LogP contribution in [0.4, 0.5) is 4.39 Å². The van der Waals surface area contributed by atoms with E-state index >= 15 is 0 Å². The monoisotopic (exact) mass is 290 g/mol. The van der Waals surface area contributed by atoms with E-state index in [1.54, 1.807) is 12.1 Å². The summed E-state index contributed by atoms with van der Waals surface area (Å²) in [5, 5.41) is 19.7. The number of hydrogen-bond donors (Lipinski definition) is 2. The fraction of sp³-hybridized carbons (Fsp3) is 0.667. The number of aliphatic hydroxyl groups excluding tert-OH is 1. The van der Waals surface area contributed by atoms with Crippen LogP contribution in [-0.2, 0) is 6.42 Å². The maximum Gasteiger partial charge on any atom is 0.115 e. The van der Waals surface area contributed by atoms with E-state index in [1.165, 1.54) is 5.56 Å². The molecule has 1 aromatic rings. The number of halogens is 1. The zero-order chi connectivity index (χ0) is 14.8. The molecule has 0 bridgehead atoms. The standard InChI is InChI=1S/C18H23FO2/c1-18-5-4-14-13-3-2-11(20)6-10(13)7-16(19)17(14)15(18)8-12(21)9-18/h2-3,6,12,14-17,20-21H,4-5,7-9H2,1H3/t12-,14+,15-,16+,17+,18+/m0/s1. The molecule has 2 saturated carbocycles. The fourth-order valence-electron chi connectivity index (χ4n) is 5.56. The summed E-state index contributed by atoms with van der Waals surface area (Å²) < 4.78 is 14.9. The smallest absolute Gasteiger partial charge is 0.115 e. The normalized spacial score (nSPS) is 44.8. The fourth-order valence-corrected chi connectivity index (χ4v) is 5.56. The molecule has 0 unspecified atom stereocenters. The predicted octanol–water partition coefficient (Wildman–Crippen LogP) is 3.56. The zero-order valence-corrected chi connectivity index (χ0v) is 12.4. The van der Waals surface area contributed by atoms with Crippen LogP contribution in [0.5, 0.6) is 5.75 Å². The van der Waals surface area contributed by atoms with Crippen LogP contribution in [0.15, 0.2) is 18.2 Å². The average Bonchev–Trinajstić information content (AvgIpc) is 2.72. The third-order valence-electron chi connectivity index (χ3n) is 6.44. The highest BCUT2D eigenvalue weighted by atomic mass is 19.1. The number of alkyl halides is 1. The molecular weight excluding hydrogens is 267 g/mol. The van der Waals surface area contributed by atoms with Crippen LogP contribution in [0.3, 0.4) is 0 Å². The largest absolute Gasteiger partial charge is 0.508 e. The van der Waals surface area contributed by atoms with Gasteiger partial charge in [0.15, 0.2) is 0 Å². The molecule has 2 N–H and O–H groups in total. The van der Waals surface area contributed by atoms with E-state index in [2.05, 4.69) is 6.92 Å². The molecule has 0 amide bonds. The van der Waals surface area contributed by atoms with Crippen LogP contribution in [0.25, 0.3) is 0 Å². The third kappa shape index (κ3) is 1.93. The highest BCUT2D eigenvalue weighted by molar-refractivity contribution is 5.41. The molecule has 0 saturated heterocycles. The highest BCUT2D eigenvalue weighted by Crippen LogP contribution is 2.61. The first kappa shape index (κ1) is 13.6. The number of hydrogen-bond acceptors (Lipinski definition) is 2. The number of benzene rings is 1.